The number of rotatable bonds is 3. The molecule has 8 heteroatoms. The van der Waals surface area contributed by atoms with Crippen molar-refractivity contribution in [3.63, 3.8) is 0 Å². The molecule has 2 rings (SSSR count). The summed E-state index contributed by atoms with van der Waals surface area (Å²) in [6.07, 6.45) is 4.50. The van der Waals surface area contributed by atoms with Crippen LogP contribution in [0.15, 0.2) is 23.4 Å². The van der Waals surface area contributed by atoms with Crippen LogP contribution in [-0.4, -0.2) is 14.5 Å². The van der Waals surface area contributed by atoms with Crippen molar-refractivity contribution in [2.24, 2.45) is 5.84 Å². The van der Waals surface area contributed by atoms with E-state index < -0.39 is 0 Å². The average molecular weight is 258 g/mol. The van der Waals surface area contributed by atoms with Crippen LogP contribution in [0.5, 0.6) is 0 Å². The first-order valence-electron chi connectivity index (χ1n) is 4.32. The summed E-state index contributed by atoms with van der Waals surface area (Å²) in [5.41, 5.74) is 2.09. The first-order valence-corrected chi connectivity index (χ1v) is 5.52. The SMILES string of the molecule is NNc1ncc(Cn2cc(Cl)cnc2=O)s1. The minimum atomic E-state index is -0.347. The van der Waals surface area contributed by atoms with Gasteiger partial charge in [0.25, 0.3) is 0 Å². The third-order valence-corrected chi connectivity index (χ3v) is 2.93. The number of nitrogens with two attached hydrogens (primary N) is 1. The van der Waals surface area contributed by atoms with E-state index in [0.717, 1.165) is 4.88 Å². The van der Waals surface area contributed by atoms with Gasteiger partial charge < -0.3 is 0 Å². The summed E-state index contributed by atoms with van der Waals surface area (Å²) < 4.78 is 1.41. The minimum Gasteiger partial charge on any atom is -0.300 e. The fraction of sp³-hybridized carbons (Fsp3) is 0.125. The molecule has 0 saturated heterocycles. The normalized spacial score (nSPS) is 10.4. The molecule has 0 unspecified atom stereocenters. The Balaban J connectivity index is 2.26. The summed E-state index contributed by atoms with van der Waals surface area (Å²) in [6, 6.07) is 0. The zero-order valence-electron chi connectivity index (χ0n) is 8.05. The van der Waals surface area contributed by atoms with Crippen LogP contribution < -0.4 is 17.0 Å². The molecule has 0 bridgehead atoms. The van der Waals surface area contributed by atoms with E-state index in [4.69, 9.17) is 17.4 Å². The molecular weight excluding hydrogens is 250 g/mol. The second-order valence-corrected chi connectivity index (χ2v) is 4.51. The zero-order chi connectivity index (χ0) is 11.5. The number of aromatic nitrogens is 3. The maximum atomic E-state index is 11.4. The van der Waals surface area contributed by atoms with Crippen molar-refractivity contribution in [3.8, 4) is 0 Å². The van der Waals surface area contributed by atoms with Gasteiger partial charge in [0.2, 0.25) is 0 Å². The first-order chi connectivity index (χ1) is 7.69. The lowest BCUT2D eigenvalue weighted by molar-refractivity contribution is 0.734. The van der Waals surface area contributed by atoms with E-state index in [1.54, 1.807) is 6.20 Å². The van der Waals surface area contributed by atoms with Crippen molar-refractivity contribution in [2.75, 3.05) is 5.43 Å². The van der Waals surface area contributed by atoms with Gasteiger partial charge in [0.1, 0.15) is 0 Å². The molecule has 0 radical (unpaired) electrons. The summed E-state index contributed by atoms with van der Waals surface area (Å²) in [5, 5.41) is 1.01. The lowest BCUT2D eigenvalue weighted by Crippen LogP contribution is -2.21. The zero-order valence-corrected chi connectivity index (χ0v) is 9.63. The van der Waals surface area contributed by atoms with Gasteiger partial charge in [0.05, 0.1) is 17.8 Å². The molecule has 0 aliphatic carbocycles. The van der Waals surface area contributed by atoms with Crippen molar-refractivity contribution in [1.29, 1.82) is 0 Å². The third kappa shape index (κ3) is 2.38. The van der Waals surface area contributed by atoms with Gasteiger partial charge in [-0.15, -0.1) is 0 Å². The first kappa shape index (κ1) is 11.1. The maximum absolute atomic E-state index is 11.4. The van der Waals surface area contributed by atoms with E-state index in [0.29, 0.717) is 16.7 Å². The Morgan fingerprint density at radius 2 is 2.31 bits per heavy atom. The molecule has 0 aliphatic rings. The molecule has 2 heterocycles. The van der Waals surface area contributed by atoms with Gasteiger partial charge in [0, 0.05) is 17.3 Å². The number of anilines is 1. The molecule has 3 N–H and O–H groups in total. The van der Waals surface area contributed by atoms with Gasteiger partial charge in [0.15, 0.2) is 5.13 Å². The van der Waals surface area contributed by atoms with Crippen LogP contribution in [0, 0.1) is 0 Å². The molecule has 84 valence electrons. The second kappa shape index (κ2) is 4.60. The highest BCUT2D eigenvalue weighted by molar-refractivity contribution is 7.15. The standard InChI is InChI=1S/C8H8ClN5OS/c9-5-1-12-8(15)14(3-5)4-6-2-11-7(13-10)16-6/h1-3H,4,10H2,(H,11,13). The van der Waals surface area contributed by atoms with Gasteiger partial charge in [-0.3, -0.25) is 9.99 Å². The van der Waals surface area contributed by atoms with Gasteiger partial charge in [-0.25, -0.2) is 20.6 Å². The average Bonchev–Trinajstić information content (AvgIpc) is 2.71. The van der Waals surface area contributed by atoms with Gasteiger partial charge in [-0.2, -0.15) is 0 Å². The number of nitrogens with zero attached hydrogens (tertiary/aromatic N) is 3. The topological polar surface area (TPSA) is 85.8 Å². The lowest BCUT2D eigenvalue weighted by Gasteiger charge is -2.01. The highest BCUT2D eigenvalue weighted by Crippen LogP contribution is 2.17. The van der Waals surface area contributed by atoms with Crippen LogP contribution in [0.3, 0.4) is 0 Å². The fourth-order valence-corrected chi connectivity index (χ4v) is 2.05. The second-order valence-electron chi connectivity index (χ2n) is 2.96. The Hall–Kier alpha value is -1.44. The number of hydrogen-bond donors (Lipinski definition) is 2. The Labute approximate surface area is 99.7 Å². The predicted octanol–water partition coefficient (Wildman–Crippen LogP) is 0.687. The summed E-state index contributed by atoms with van der Waals surface area (Å²) in [4.78, 5) is 19.9. The van der Waals surface area contributed by atoms with Crippen molar-refractivity contribution in [3.05, 3.63) is 39.0 Å². The molecular formula is C8H8ClN5OS. The molecule has 16 heavy (non-hydrogen) atoms. The summed E-state index contributed by atoms with van der Waals surface area (Å²) in [7, 11) is 0. The Bertz CT molecular complexity index is 551. The molecule has 2 aromatic rings. The Morgan fingerprint density at radius 1 is 1.50 bits per heavy atom. The molecule has 0 fully saturated rings. The molecule has 0 atom stereocenters. The van der Waals surface area contributed by atoms with Crippen LogP contribution in [0.1, 0.15) is 4.88 Å². The number of hydrazine groups is 1. The van der Waals surface area contributed by atoms with Gasteiger partial charge >= 0.3 is 5.69 Å². The molecule has 0 aliphatic heterocycles. The molecule has 0 saturated carbocycles. The van der Waals surface area contributed by atoms with Crippen molar-refractivity contribution in [2.45, 2.75) is 6.54 Å². The maximum Gasteiger partial charge on any atom is 0.347 e. The van der Waals surface area contributed by atoms with E-state index in [1.165, 1.54) is 28.3 Å². The third-order valence-electron chi connectivity index (χ3n) is 1.83. The van der Waals surface area contributed by atoms with Crippen LogP contribution in [0.2, 0.25) is 5.02 Å². The van der Waals surface area contributed by atoms with Gasteiger partial charge in [-0.05, 0) is 0 Å². The van der Waals surface area contributed by atoms with Crippen molar-refractivity contribution >= 4 is 28.1 Å². The monoisotopic (exact) mass is 257 g/mol. The highest BCUT2D eigenvalue weighted by atomic mass is 35.5. The number of thiazole rings is 1. The Kier molecular flexibility index (Phi) is 3.18. The molecule has 2 aromatic heterocycles. The predicted molar refractivity (Wildman–Crippen MR) is 62.5 cm³/mol. The highest BCUT2D eigenvalue weighted by Gasteiger charge is 2.04. The van der Waals surface area contributed by atoms with E-state index in [-0.39, 0.29) is 5.69 Å². The van der Waals surface area contributed by atoms with E-state index in [2.05, 4.69) is 15.4 Å². The van der Waals surface area contributed by atoms with Gasteiger partial charge in [-0.1, -0.05) is 22.9 Å². The van der Waals surface area contributed by atoms with Crippen LogP contribution in [-0.2, 0) is 6.54 Å². The van der Waals surface area contributed by atoms with Crippen molar-refractivity contribution < 1.29 is 0 Å². The Morgan fingerprint density at radius 3 is 3.00 bits per heavy atom. The summed E-state index contributed by atoms with van der Waals surface area (Å²) >= 11 is 7.11. The fourth-order valence-electron chi connectivity index (χ4n) is 1.16. The van der Waals surface area contributed by atoms with E-state index in [1.807, 2.05) is 0 Å². The number of hydrogen-bond acceptors (Lipinski definition) is 6. The minimum absolute atomic E-state index is 0.347. The molecule has 0 spiro atoms. The van der Waals surface area contributed by atoms with E-state index >= 15 is 0 Å². The van der Waals surface area contributed by atoms with E-state index in [9.17, 15) is 4.79 Å². The quantitative estimate of drug-likeness (QED) is 0.624. The lowest BCUT2D eigenvalue weighted by atomic mass is 10.5. The molecule has 6 nitrogen and oxygen atoms in total. The van der Waals surface area contributed by atoms with Crippen LogP contribution in [0.4, 0.5) is 5.13 Å². The molecule has 0 aromatic carbocycles. The summed E-state index contributed by atoms with van der Waals surface area (Å²) in [5.74, 6) is 5.21. The number of halogens is 1. The van der Waals surface area contributed by atoms with Crippen LogP contribution >= 0.6 is 22.9 Å². The summed E-state index contributed by atoms with van der Waals surface area (Å²) in [6.45, 7) is 0.381. The van der Waals surface area contributed by atoms with Crippen LogP contribution in [0.25, 0.3) is 0 Å². The number of nitrogen functional groups attached to an aromatic ring is 1. The van der Waals surface area contributed by atoms with Crippen molar-refractivity contribution in [1.82, 2.24) is 14.5 Å². The largest absolute Gasteiger partial charge is 0.347 e. The smallest absolute Gasteiger partial charge is 0.300 e. The number of nitrogens with one attached hydrogen (secondary N) is 1. The molecule has 0 amide bonds.